The lowest BCUT2D eigenvalue weighted by Crippen LogP contribution is -2.42. The largest absolute Gasteiger partial charge is 0.369 e. The van der Waals surface area contributed by atoms with Crippen LogP contribution in [0.15, 0.2) is 12.1 Å². The van der Waals surface area contributed by atoms with Crippen molar-refractivity contribution in [3.8, 4) is 0 Å². The summed E-state index contributed by atoms with van der Waals surface area (Å²) in [5, 5.41) is -0.126. The van der Waals surface area contributed by atoms with E-state index in [1.807, 2.05) is 4.90 Å². The van der Waals surface area contributed by atoms with Crippen LogP contribution in [0.1, 0.15) is 51.9 Å². The summed E-state index contributed by atoms with van der Waals surface area (Å²) < 4.78 is 27.7. The maximum absolute atomic E-state index is 14.2. The Hall–Kier alpha value is -0.830. The summed E-state index contributed by atoms with van der Waals surface area (Å²) in [5.74, 6) is -0.0676. The van der Waals surface area contributed by atoms with Gasteiger partial charge < -0.3 is 4.90 Å². The first kappa shape index (κ1) is 16.0. The Bertz CT molecular complexity index is 528. The highest BCUT2D eigenvalue weighted by atomic mass is 35.5. The summed E-state index contributed by atoms with van der Waals surface area (Å²) in [6.07, 6.45) is 8.70. The van der Waals surface area contributed by atoms with Crippen molar-refractivity contribution in [1.29, 1.82) is 0 Å². The van der Waals surface area contributed by atoms with E-state index in [0.717, 1.165) is 37.9 Å². The minimum Gasteiger partial charge on any atom is -0.369 e. The van der Waals surface area contributed by atoms with Gasteiger partial charge in [0, 0.05) is 19.2 Å². The van der Waals surface area contributed by atoms with Gasteiger partial charge in [-0.1, -0.05) is 24.9 Å². The Morgan fingerprint density at radius 3 is 2.36 bits per heavy atom. The second-order valence-electron chi connectivity index (χ2n) is 7.06. The molecule has 3 rings (SSSR count). The third kappa shape index (κ3) is 3.10. The maximum Gasteiger partial charge on any atom is 0.165 e. The molecule has 1 saturated heterocycles. The molecule has 0 bridgehead atoms. The maximum atomic E-state index is 14.2. The van der Waals surface area contributed by atoms with E-state index in [4.69, 9.17) is 11.6 Å². The number of benzene rings is 1. The Kier molecular flexibility index (Phi) is 4.63. The molecule has 2 fully saturated rings. The van der Waals surface area contributed by atoms with E-state index < -0.39 is 11.6 Å². The molecule has 1 aromatic carbocycles. The molecule has 0 radical (unpaired) electrons. The molecule has 0 aromatic heterocycles. The van der Waals surface area contributed by atoms with Crippen LogP contribution < -0.4 is 4.90 Å². The monoisotopic (exact) mass is 327 g/mol. The lowest BCUT2D eigenvalue weighted by Gasteiger charge is -2.46. The predicted octanol–water partition coefficient (Wildman–Crippen LogP) is 5.81. The number of piperidine rings is 1. The van der Waals surface area contributed by atoms with E-state index in [1.54, 1.807) is 0 Å². The fourth-order valence-corrected chi connectivity index (χ4v) is 4.39. The molecule has 0 N–H and O–H groups in total. The van der Waals surface area contributed by atoms with E-state index in [-0.39, 0.29) is 5.02 Å². The molecule has 1 aliphatic heterocycles. The van der Waals surface area contributed by atoms with Crippen LogP contribution in [0.3, 0.4) is 0 Å². The van der Waals surface area contributed by atoms with Crippen molar-refractivity contribution in [1.82, 2.24) is 0 Å². The minimum absolute atomic E-state index is 0.126. The van der Waals surface area contributed by atoms with E-state index in [9.17, 15) is 8.78 Å². The van der Waals surface area contributed by atoms with Gasteiger partial charge in [0.05, 0.1) is 10.7 Å². The molecule has 0 atom stereocenters. The number of hydrogen-bond donors (Lipinski definition) is 0. The first-order valence-electron chi connectivity index (χ1n) is 8.42. The van der Waals surface area contributed by atoms with E-state index in [1.165, 1.54) is 38.2 Å². The van der Waals surface area contributed by atoms with Gasteiger partial charge in [0.25, 0.3) is 0 Å². The standard InChI is InChI=1S/C18H24ClF2N/c1-2-13-3-5-18(6-4-13)7-9-22(10-8-18)16-12-14(20)11-15(19)17(16)21/h11-13H,2-10H2,1H3. The summed E-state index contributed by atoms with van der Waals surface area (Å²) in [6, 6.07) is 2.31. The third-order valence-electron chi connectivity index (χ3n) is 5.88. The van der Waals surface area contributed by atoms with Crippen LogP contribution in [-0.2, 0) is 0 Å². The van der Waals surface area contributed by atoms with Gasteiger partial charge in [-0.05, 0) is 55.9 Å². The summed E-state index contributed by atoms with van der Waals surface area (Å²) in [5.41, 5.74) is 0.762. The molecule has 122 valence electrons. The second-order valence-corrected chi connectivity index (χ2v) is 7.47. The Labute approximate surface area is 136 Å². The molecule has 0 amide bonds. The number of anilines is 1. The molecule has 1 spiro atoms. The molecular weight excluding hydrogens is 304 g/mol. The van der Waals surface area contributed by atoms with Crippen molar-refractivity contribution in [3.63, 3.8) is 0 Å². The van der Waals surface area contributed by atoms with Crippen molar-refractivity contribution < 1.29 is 8.78 Å². The predicted molar refractivity (Wildman–Crippen MR) is 87.5 cm³/mol. The van der Waals surface area contributed by atoms with Gasteiger partial charge in [0.2, 0.25) is 0 Å². The zero-order valence-corrected chi connectivity index (χ0v) is 13.9. The third-order valence-corrected chi connectivity index (χ3v) is 6.16. The van der Waals surface area contributed by atoms with Crippen LogP contribution in [0.25, 0.3) is 0 Å². The van der Waals surface area contributed by atoms with E-state index in [0.29, 0.717) is 11.1 Å². The average Bonchev–Trinajstić information content (AvgIpc) is 2.53. The fourth-order valence-electron chi connectivity index (χ4n) is 4.19. The van der Waals surface area contributed by atoms with Crippen molar-refractivity contribution in [2.75, 3.05) is 18.0 Å². The SMILES string of the molecule is CCC1CCC2(CC1)CCN(c1cc(F)cc(Cl)c1F)CC2. The van der Waals surface area contributed by atoms with Gasteiger partial charge in [-0.3, -0.25) is 0 Å². The summed E-state index contributed by atoms with van der Waals surface area (Å²) >= 11 is 5.77. The molecule has 2 aliphatic rings. The second kappa shape index (κ2) is 6.35. The van der Waals surface area contributed by atoms with Gasteiger partial charge in [-0.25, -0.2) is 8.78 Å². The van der Waals surface area contributed by atoms with Crippen LogP contribution in [-0.4, -0.2) is 13.1 Å². The van der Waals surface area contributed by atoms with E-state index in [2.05, 4.69) is 6.92 Å². The van der Waals surface area contributed by atoms with Crippen molar-refractivity contribution in [2.45, 2.75) is 51.9 Å². The fraction of sp³-hybridized carbons (Fsp3) is 0.667. The summed E-state index contributed by atoms with van der Waals surface area (Å²) in [6.45, 7) is 3.88. The van der Waals surface area contributed by atoms with Crippen LogP contribution >= 0.6 is 11.6 Å². The molecule has 1 aliphatic carbocycles. The highest BCUT2D eigenvalue weighted by Gasteiger charge is 2.38. The van der Waals surface area contributed by atoms with Gasteiger partial charge in [0.15, 0.2) is 5.82 Å². The highest BCUT2D eigenvalue weighted by molar-refractivity contribution is 6.31. The van der Waals surface area contributed by atoms with Gasteiger partial charge in [-0.2, -0.15) is 0 Å². The molecular formula is C18H24ClF2N. The average molecular weight is 328 g/mol. The van der Waals surface area contributed by atoms with E-state index >= 15 is 0 Å². The molecule has 4 heteroatoms. The Morgan fingerprint density at radius 2 is 1.77 bits per heavy atom. The van der Waals surface area contributed by atoms with Crippen LogP contribution in [0.2, 0.25) is 5.02 Å². The molecule has 1 heterocycles. The Morgan fingerprint density at radius 1 is 1.14 bits per heavy atom. The van der Waals surface area contributed by atoms with Gasteiger partial charge in [0.1, 0.15) is 5.82 Å². The normalized spacial score (nSPS) is 22.3. The first-order valence-corrected chi connectivity index (χ1v) is 8.80. The minimum atomic E-state index is -0.492. The molecule has 0 unspecified atom stereocenters. The zero-order chi connectivity index (χ0) is 15.7. The molecule has 1 nitrogen and oxygen atoms in total. The van der Waals surface area contributed by atoms with Crippen molar-refractivity contribution in [2.24, 2.45) is 11.3 Å². The quantitative estimate of drug-likeness (QED) is 0.620. The summed E-state index contributed by atoms with van der Waals surface area (Å²) in [4.78, 5) is 1.96. The number of halogens is 3. The van der Waals surface area contributed by atoms with Crippen LogP contribution in [0.5, 0.6) is 0 Å². The lowest BCUT2D eigenvalue weighted by molar-refractivity contribution is 0.112. The number of hydrogen-bond acceptors (Lipinski definition) is 1. The van der Waals surface area contributed by atoms with Gasteiger partial charge in [-0.15, -0.1) is 0 Å². The molecule has 22 heavy (non-hydrogen) atoms. The van der Waals surface area contributed by atoms with Crippen LogP contribution in [0, 0.1) is 23.0 Å². The van der Waals surface area contributed by atoms with Crippen molar-refractivity contribution in [3.05, 3.63) is 28.8 Å². The topological polar surface area (TPSA) is 3.24 Å². The number of rotatable bonds is 2. The summed E-state index contributed by atoms with van der Waals surface area (Å²) in [7, 11) is 0. The Balaban J connectivity index is 1.67. The van der Waals surface area contributed by atoms with Gasteiger partial charge >= 0.3 is 0 Å². The molecule has 1 saturated carbocycles. The smallest absolute Gasteiger partial charge is 0.165 e. The zero-order valence-electron chi connectivity index (χ0n) is 13.2. The molecule has 1 aromatic rings. The van der Waals surface area contributed by atoms with Crippen molar-refractivity contribution >= 4 is 17.3 Å². The lowest BCUT2D eigenvalue weighted by atomic mass is 9.65. The first-order chi connectivity index (χ1) is 10.5. The highest BCUT2D eigenvalue weighted by Crippen LogP contribution is 2.47. The number of nitrogens with zero attached hydrogens (tertiary/aromatic N) is 1. The van der Waals surface area contributed by atoms with Crippen LogP contribution in [0.4, 0.5) is 14.5 Å².